The third-order valence-corrected chi connectivity index (χ3v) is 5.53. The van der Waals surface area contributed by atoms with Crippen molar-refractivity contribution >= 4 is 17.8 Å². The number of hydrogen-bond acceptors (Lipinski definition) is 5. The Labute approximate surface area is 182 Å². The molecule has 1 saturated heterocycles. The fourth-order valence-electron chi connectivity index (χ4n) is 3.58. The van der Waals surface area contributed by atoms with Gasteiger partial charge >= 0.3 is 5.97 Å². The molecule has 0 spiro atoms. The summed E-state index contributed by atoms with van der Waals surface area (Å²) in [5.41, 5.74) is 1.91. The number of ether oxygens (including phenoxy) is 2. The predicted molar refractivity (Wildman–Crippen MR) is 115 cm³/mol. The van der Waals surface area contributed by atoms with E-state index in [-0.39, 0.29) is 30.8 Å². The van der Waals surface area contributed by atoms with Crippen LogP contribution in [0.1, 0.15) is 37.4 Å². The van der Waals surface area contributed by atoms with Crippen molar-refractivity contribution in [2.75, 3.05) is 13.7 Å². The van der Waals surface area contributed by atoms with Crippen molar-refractivity contribution in [2.45, 2.75) is 39.0 Å². The largest absolute Gasteiger partial charge is 0.497 e. The maximum atomic E-state index is 12.6. The number of nitrogens with one attached hydrogen (secondary N) is 1. The summed E-state index contributed by atoms with van der Waals surface area (Å²) in [6, 6.07) is 16.9. The van der Waals surface area contributed by atoms with Crippen LogP contribution < -0.4 is 10.1 Å². The molecule has 1 aliphatic rings. The van der Waals surface area contributed by atoms with Crippen LogP contribution in [0.15, 0.2) is 54.6 Å². The molecular formula is C24H28N2O5. The zero-order valence-corrected chi connectivity index (χ0v) is 18.0. The van der Waals surface area contributed by atoms with Crippen molar-refractivity contribution in [1.29, 1.82) is 0 Å². The minimum atomic E-state index is -0.943. The highest BCUT2D eigenvalue weighted by molar-refractivity contribution is 5.89. The molecule has 1 fully saturated rings. The van der Waals surface area contributed by atoms with Gasteiger partial charge in [0.2, 0.25) is 5.91 Å². The second-order valence-electron chi connectivity index (χ2n) is 7.68. The number of rotatable bonds is 8. The summed E-state index contributed by atoms with van der Waals surface area (Å²) in [5, 5.41) is 2.76. The van der Waals surface area contributed by atoms with E-state index in [0.29, 0.717) is 6.54 Å². The molecule has 0 aromatic heterocycles. The minimum absolute atomic E-state index is 0.0880. The first kappa shape index (κ1) is 22.3. The van der Waals surface area contributed by atoms with E-state index in [0.717, 1.165) is 16.9 Å². The third kappa shape index (κ3) is 5.63. The van der Waals surface area contributed by atoms with Gasteiger partial charge in [-0.05, 0) is 37.1 Å². The van der Waals surface area contributed by atoms with Crippen LogP contribution >= 0.6 is 0 Å². The number of carbonyl (C=O) groups is 3. The number of carbonyl (C=O) groups excluding carboxylic acids is 3. The average Bonchev–Trinajstić information content (AvgIpc) is 3.19. The normalized spacial score (nSPS) is 17.7. The molecule has 164 valence electrons. The van der Waals surface area contributed by atoms with Gasteiger partial charge in [-0.2, -0.15) is 0 Å². The highest BCUT2D eigenvalue weighted by Gasteiger charge is 2.38. The lowest BCUT2D eigenvalue weighted by molar-refractivity contribution is -0.158. The molecule has 2 amide bonds. The van der Waals surface area contributed by atoms with Crippen molar-refractivity contribution in [3.63, 3.8) is 0 Å². The summed E-state index contributed by atoms with van der Waals surface area (Å²) in [5.74, 6) is -0.837. The summed E-state index contributed by atoms with van der Waals surface area (Å²) in [4.78, 5) is 39.0. The molecule has 0 saturated carbocycles. The Morgan fingerprint density at radius 2 is 1.77 bits per heavy atom. The first-order chi connectivity index (χ1) is 14.9. The van der Waals surface area contributed by atoms with Gasteiger partial charge < -0.3 is 19.7 Å². The van der Waals surface area contributed by atoms with Gasteiger partial charge in [0.15, 0.2) is 6.10 Å². The Morgan fingerprint density at radius 3 is 2.42 bits per heavy atom. The maximum absolute atomic E-state index is 12.6. The number of benzene rings is 2. The van der Waals surface area contributed by atoms with Crippen LogP contribution in [0.5, 0.6) is 5.75 Å². The van der Waals surface area contributed by atoms with E-state index in [1.165, 1.54) is 6.92 Å². The molecule has 7 heteroatoms. The van der Waals surface area contributed by atoms with Crippen LogP contribution in [0.3, 0.4) is 0 Å². The second kappa shape index (κ2) is 10.1. The molecule has 31 heavy (non-hydrogen) atoms. The number of hydrogen-bond donors (Lipinski definition) is 1. The Morgan fingerprint density at radius 1 is 1.10 bits per heavy atom. The van der Waals surface area contributed by atoms with Gasteiger partial charge in [-0.25, -0.2) is 0 Å². The summed E-state index contributed by atoms with van der Waals surface area (Å²) in [7, 11) is 1.59. The van der Waals surface area contributed by atoms with Gasteiger partial charge in [0, 0.05) is 19.5 Å². The summed E-state index contributed by atoms with van der Waals surface area (Å²) < 4.78 is 10.5. The van der Waals surface area contributed by atoms with Gasteiger partial charge in [-0.15, -0.1) is 0 Å². The molecule has 1 N–H and O–H groups in total. The lowest BCUT2D eigenvalue weighted by Crippen LogP contribution is -2.37. The van der Waals surface area contributed by atoms with Gasteiger partial charge in [-0.1, -0.05) is 42.5 Å². The molecule has 0 bridgehead atoms. The van der Waals surface area contributed by atoms with E-state index >= 15 is 0 Å². The first-order valence-electron chi connectivity index (χ1n) is 10.3. The maximum Gasteiger partial charge on any atom is 0.312 e. The van der Waals surface area contributed by atoms with Crippen molar-refractivity contribution < 1.29 is 23.9 Å². The van der Waals surface area contributed by atoms with Crippen LogP contribution in [-0.4, -0.2) is 42.4 Å². The Bertz CT molecular complexity index is 913. The molecule has 1 aliphatic heterocycles. The van der Waals surface area contributed by atoms with Crippen molar-refractivity contribution in [3.05, 3.63) is 65.7 Å². The number of esters is 1. The first-order valence-corrected chi connectivity index (χ1v) is 10.3. The highest BCUT2D eigenvalue weighted by Crippen LogP contribution is 2.29. The van der Waals surface area contributed by atoms with E-state index in [1.807, 2.05) is 61.5 Å². The molecule has 2 aromatic carbocycles. The van der Waals surface area contributed by atoms with Gasteiger partial charge in [-0.3, -0.25) is 14.4 Å². The molecule has 0 aliphatic carbocycles. The van der Waals surface area contributed by atoms with E-state index in [4.69, 9.17) is 9.47 Å². The fraction of sp³-hybridized carbons (Fsp3) is 0.375. The van der Waals surface area contributed by atoms with Gasteiger partial charge in [0.25, 0.3) is 5.91 Å². The van der Waals surface area contributed by atoms with E-state index < -0.39 is 18.0 Å². The molecule has 0 unspecified atom stereocenters. The minimum Gasteiger partial charge on any atom is -0.497 e. The number of amides is 2. The van der Waals surface area contributed by atoms with Crippen molar-refractivity contribution in [3.8, 4) is 5.75 Å². The number of nitrogens with zero attached hydrogens (tertiary/aromatic N) is 1. The Balaban J connectivity index is 1.49. The van der Waals surface area contributed by atoms with E-state index in [2.05, 4.69) is 5.32 Å². The van der Waals surface area contributed by atoms with E-state index in [9.17, 15) is 14.4 Å². The second-order valence-corrected chi connectivity index (χ2v) is 7.68. The lowest BCUT2D eigenvalue weighted by atomic mass is 10.1. The number of methoxy groups -OCH3 is 1. The monoisotopic (exact) mass is 424 g/mol. The van der Waals surface area contributed by atoms with Crippen LogP contribution in [0.25, 0.3) is 0 Å². The van der Waals surface area contributed by atoms with E-state index in [1.54, 1.807) is 12.0 Å². The molecule has 1 heterocycles. The van der Waals surface area contributed by atoms with Gasteiger partial charge in [0.05, 0.1) is 19.1 Å². The standard InChI is InChI=1S/C24H28N2O5/c1-16(19-7-5-4-6-8-19)26-15-20(13-22(26)27)24(29)31-17(2)23(28)25-14-18-9-11-21(30-3)12-10-18/h4-12,16-17,20H,13-15H2,1-3H3,(H,25,28)/t16-,17-,20+/m0/s1. The predicted octanol–water partition coefficient (Wildman–Crippen LogP) is 2.85. The van der Waals surface area contributed by atoms with Crippen molar-refractivity contribution in [1.82, 2.24) is 10.2 Å². The molecule has 7 nitrogen and oxygen atoms in total. The number of likely N-dealkylation sites (tertiary alicyclic amines) is 1. The molecule has 3 atom stereocenters. The summed E-state index contributed by atoms with van der Waals surface area (Å²) >= 11 is 0. The molecule has 2 aromatic rings. The molecular weight excluding hydrogens is 396 g/mol. The Kier molecular flexibility index (Phi) is 7.28. The zero-order valence-electron chi connectivity index (χ0n) is 18.0. The lowest BCUT2D eigenvalue weighted by Gasteiger charge is -2.25. The Hall–Kier alpha value is -3.35. The fourth-order valence-corrected chi connectivity index (χ4v) is 3.58. The summed E-state index contributed by atoms with van der Waals surface area (Å²) in [6.07, 6.45) is -0.850. The zero-order chi connectivity index (χ0) is 22.4. The van der Waals surface area contributed by atoms with Crippen LogP contribution in [0, 0.1) is 5.92 Å². The molecule has 3 rings (SSSR count). The van der Waals surface area contributed by atoms with Crippen molar-refractivity contribution in [2.24, 2.45) is 5.92 Å². The topological polar surface area (TPSA) is 84.9 Å². The SMILES string of the molecule is COc1ccc(CNC(=O)[C@H](C)OC(=O)[C@@H]2CC(=O)N([C@@H](C)c3ccccc3)C2)cc1. The third-order valence-electron chi connectivity index (χ3n) is 5.53. The van der Waals surface area contributed by atoms with Crippen LogP contribution in [-0.2, 0) is 25.7 Å². The quantitative estimate of drug-likeness (QED) is 0.659. The average molecular weight is 424 g/mol. The summed E-state index contributed by atoms with van der Waals surface area (Å²) in [6.45, 7) is 4.07. The van der Waals surface area contributed by atoms with Gasteiger partial charge in [0.1, 0.15) is 5.75 Å². The van der Waals surface area contributed by atoms with Crippen LogP contribution in [0.2, 0.25) is 0 Å². The molecule has 0 radical (unpaired) electrons. The van der Waals surface area contributed by atoms with Crippen LogP contribution in [0.4, 0.5) is 0 Å². The highest BCUT2D eigenvalue weighted by atomic mass is 16.5. The smallest absolute Gasteiger partial charge is 0.312 e.